The number of nitrogens with zero attached hydrogens (tertiary/aromatic N) is 1. The molecule has 0 aromatic rings. The molecule has 9 heavy (non-hydrogen) atoms. The summed E-state index contributed by atoms with van der Waals surface area (Å²) < 4.78 is 4.54. The minimum Gasteiger partial charge on any atom is -0.454 e. The van der Waals surface area contributed by atoms with E-state index in [9.17, 15) is 0 Å². The van der Waals surface area contributed by atoms with Gasteiger partial charge in [-0.2, -0.15) is 5.26 Å². The van der Waals surface area contributed by atoms with Crippen molar-refractivity contribution in [3.8, 4) is 6.07 Å². The van der Waals surface area contributed by atoms with Gasteiger partial charge in [-0.3, -0.25) is 0 Å². The van der Waals surface area contributed by atoms with Crippen LogP contribution in [-0.4, -0.2) is 10.9 Å². The molecule has 0 aromatic heterocycles. The smallest absolute Gasteiger partial charge is 0.318 e. The Kier molecular flexibility index (Phi) is 1.25. The normalized spacial score (nSPS) is 31.1. The Morgan fingerprint density at radius 1 is 1.56 bits per heavy atom. The molecule has 46 valence electrons. The number of ether oxygens (including phenoxy) is 1. The molecule has 1 atom stereocenters. The van der Waals surface area contributed by atoms with Gasteiger partial charge in [0.1, 0.15) is 6.07 Å². The minimum atomic E-state index is -1.74. The van der Waals surface area contributed by atoms with Crippen molar-refractivity contribution < 1.29 is 9.84 Å². The van der Waals surface area contributed by atoms with Crippen LogP contribution in [0.25, 0.3) is 0 Å². The summed E-state index contributed by atoms with van der Waals surface area (Å²) in [5.74, 6) is -1.74. The summed E-state index contributed by atoms with van der Waals surface area (Å²) in [6, 6.07) is 1.58. The molecule has 0 bridgehead atoms. The Bertz CT molecular complexity index is 202. The van der Waals surface area contributed by atoms with Gasteiger partial charge in [-0.1, -0.05) is 6.08 Å². The predicted octanol–water partition coefficient (Wildman–Crippen LogP) is 0.299. The molecule has 1 rings (SSSR count). The highest BCUT2D eigenvalue weighted by atomic mass is 16.6. The van der Waals surface area contributed by atoms with Crippen molar-refractivity contribution in [2.24, 2.45) is 0 Å². The number of hydrogen-bond donors (Lipinski definition) is 1. The molecule has 0 saturated heterocycles. The lowest BCUT2D eigenvalue weighted by Crippen LogP contribution is -2.26. The average Bonchev–Trinajstić information content (AvgIpc) is 1.90. The number of allylic oxidation sites excluding steroid dienone is 2. The van der Waals surface area contributed by atoms with Crippen molar-refractivity contribution in [3.05, 3.63) is 24.5 Å². The largest absolute Gasteiger partial charge is 0.454 e. The molecule has 0 saturated carbocycles. The monoisotopic (exact) mass is 123 g/mol. The fourth-order valence-corrected chi connectivity index (χ4v) is 0.477. The molecule has 3 heteroatoms. The van der Waals surface area contributed by atoms with E-state index < -0.39 is 5.79 Å². The summed E-state index contributed by atoms with van der Waals surface area (Å²) >= 11 is 0. The zero-order valence-corrected chi connectivity index (χ0v) is 4.61. The minimum absolute atomic E-state index is 1.27. The van der Waals surface area contributed by atoms with E-state index in [0.29, 0.717) is 0 Å². The van der Waals surface area contributed by atoms with Crippen LogP contribution in [0.5, 0.6) is 0 Å². The summed E-state index contributed by atoms with van der Waals surface area (Å²) in [7, 11) is 0. The van der Waals surface area contributed by atoms with Crippen molar-refractivity contribution in [1.29, 1.82) is 5.26 Å². The lowest BCUT2D eigenvalue weighted by atomic mass is 10.2. The lowest BCUT2D eigenvalue weighted by Gasteiger charge is -2.16. The van der Waals surface area contributed by atoms with Gasteiger partial charge in [-0.05, 0) is 6.08 Å². The van der Waals surface area contributed by atoms with E-state index in [0.717, 1.165) is 0 Å². The van der Waals surface area contributed by atoms with Gasteiger partial charge in [-0.15, -0.1) is 0 Å². The Morgan fingerprint density at radius 2 is 2.33 bits per heavy atom. The summed E-state index contributed by atoms with van der Waals surface area (Å²) in [5.41, 5.74) is 0. The molecule has 0 aromatic carbocycles. The van der Waals surface area contributed by atoms with Crippen LogP contribution in [-0.2, 0) is 4.74 Å². The molecular weight excluding hydrogens is 118 g/mol. The van der Waals surface area contributed by atoms with Crippen molar-refractivity contribution in [3.63, 3.8) is 0 Å². The highest BCUT2D eigenvalue weighted by Crippen LogP contribution is 2.11. The first-order valence-electron chi connectivity index (χ1n) is 2.43. The molecule has 0 radical (unpaired) electrons. The Morgan fingerprint density at radius 3 is 2.67 bits per heavy atom. The topological polar surface area (TPSA) is 53.2 Å². The van der Waals surface area contributed by atoms with Gasteiger partial charge in [-0.25, -0.2) is 0 Å². The van der Waals surface area contributed by atoms with E-state index in [1.54, 1.807) is 18.2 Å². The fourth-order valence-electron chi connectivity index (χ4n) is 0.477. The van der Waals surface area contributed by atoms with Gasteiger partial charge < -0.3 is 9.84 Å². The maximum absolute atomic E-state index is 8.96. The maximum atomic E-state index is 8.96. The Balaban J connectivity index is 2.77. The van der Waals surface area contributed by atoms with Crippen LogP contribution in [0.3, 0.4) is 0 Å². The number of hydrogen-bond acceptors (Lipinski definition) is 3. The number of nitriles is 1. The summed E-state index contributed by atoms with van der Waals surface area (Å²) in [5, 5.41) is 17.2. The third-order valence-electron chi connectivity index (χ3n) is 0.920. The lowest BCUT2D eigenvalue weighted by molar-refractivity contribution is -0.0793. The van der Waals surface area contributed by atoms with E-state index in [2.05, 4.69) is 4.74 Å². The van der Waals surface area contributed by atoms with Crippen molar-refractivity contribution in [2.45, 2.75) is 5.79 Å². The zero-order valence-electron chi connectivity index (χ0n) is 4.61. The van der Waals surface area contributed by atoms with Gasteiger partial charge in [0.2, 0.25) is 0 Å². The molecule has 0 fully saturated rings. The Hall–Kier alpha value is -1.27. The van der Waals surface area contributed by atoms with Gasteiger partial charge in [0.15, 0.2) is 0 Å². The van der Waals surface area contributed by atoms with Gasteiger partial charge >= 0.3 is 5.79 Å². The molecular formula is C6H5NO2. The van der Waals surface area contributed by atoms with Crippen LogP contribution in [0, 0.1) is 11.3 Å². The quantitative estimate of drug-likeness (QED) is 0.471. The average molecular weight is 123 g/mol. The maximum Gasteiger partial charge on any atom is 0.318 e. The zero-order chi connectivity index (χ0) is 6.74. The van der Waals surface area contributed by atoms with E-state index in [1.807, 2.05) is 0 Å². The predicted molar refractivity (Wildman–Crippen MR) is 29.9 cm³/mol. The molecule has 0 aliphatic carbocycles. The fraction of sp³-hybridized carbons (Fsp3) is 0.167. The summed E-state index contributed by atoms with van der Waals surface area (Å²) in [6.07, 6.45) is 5.68. The van der Waals surface area contributed by atoms with Crippen LogP contribution < -0.4 is 0 Å². The molecule has 0 amide bonds. The van der Waals surface area contributed by atoms with Gasteiger partial charge in [0.05, 0.1) is 6.26 Å². The molecule has 1 heterocycles. The Labute approximate surface area is 52.5 Å². The highest BCUT2D eigenvalue weighted by Gasteiger charge is 2.23. The van der Waals surface area contributed by atoms with E-state index >= 15 is 0 Å². The standard InChI is InChI=1S/C6H5NO2/c7-5-6(8)3-1-2-4-9-6/h1-4,8H. The second-order valence-corrected chi connectivity index (χ2v) is 1.61. The van der Waals surface area contributed by atoms with E-state index in [1.165, 1.54) is 12.3 Å². The van der Waals surface area contributed by atoms with Crippen LogP contribution >= 0.6 is 0 Å². The second-order valence-electron chi connectivity index (χ2n) is 1.61. The van der Waals surface area contributed by atoms with Crippen LogP contribution in [0.2, 0.25) is 0 Å². The van der Waals surface area contributed by atoms with Crippen LogP contribution in [0.1, 0.15) is 0 Å². The van der Waals surface area contributed by atoms with Crippen molar-refractivity contribution >= 4 is 0 Å². The molecule has 0 spiro atoms. The summed E-state index contributed by atoms with van der Waals surface area (Å²) in [4.78, 5) is 0. The van der Waals surface area contributed by atoms with Crippen molar-refractivity contribution in [1.82, 2.24) is 0 Å². The third kappa shape index (κ3) is 1.09. The molecule has 1 aliphatic heterocycles. The molecule has 1 N–H and O–H groups in total. The van der Waals surface area contributed by atoms with Crippen LogP contribution in [0.15, 0.2) is 24.5 Å². The van der Waals surface area contributed by atoms with E-state index in [-0.39, 0.29) is 0 Å². The molecule has 3 nitrogen and oxygen atoms in total. The van der Waals surface area contributed by atoms with Crippen LogP contribution in [0.4, 0.5) is 0 Å². The first-order chi connectivity index (χ1) is 4.27. The number of rotatable bonds is 0. The van der Waals surface area contributed by atoms with Gasteiger partial charge in [0, 0.05) is 6.08 Å². The van der Waals surface area contributed by atoms with Crippen molar-refractivity contribution in [2.75, 3.05) is 0 Å². The third-order valence-corrected chi connectivity index (χ3v) is 0.920. The SMILES string of the molecule is N#CC1(O)C=CC=CO1. The first-order valence-corrected chi connectivity index (χ1v) is 2.43. The number of aliphatic hydroxyl groups is 1. The summed E-state index contributed by atoms with van der Waals surface area (Å²) in [6.45, 7) is 0. The van der Waals surface area contributed by atoms with E-state index in [4.69, 9.17) is 10.4 Å². The second kappa shape index (κ2) is 1.92. The molecule has 1 unspecified atom stereocenters. The van der Waals surface area contributed by atoms with Gasteiger partial charge in [0.25, 0.3) is 0 Å². The first kappa shape index (κ1) is 5.86. The molecule has 1 aliphatic rings. The highest BCUT2D eigenvalue weighted by molar-refractivity contribution is 5.17.